The van der Waals surface area contributed by atoms with Crippen molar-refractivity contribution in [2.24, 2.45) is 0 Å². The molecule has 0 aromatic heterocycles. The van der Waals surface area contributed by atoms with Gasteiger partial charge in [-0.2, -0.15) is 0 Å². The van der Waals surface area contributed by atoms with Crippen LogP contribution in [0, 0.1) is 0 Å². The van der Waals surface area contributed by atoms with Crippen molar-refractivity contribution < 1.29 is 19.7 Å². The maximum Gasteiger partial charge on any atom is 0.161 e. The van der Waals surface area contributed by atoms with Crippen LogP contribution in [0.4, 0.5) is 0 Å². The molecule has 2 aromatic carbocycles. The van der Waals surface area contributed by atoms with Crippen LogP contribution in [0.25, 0.3) is 0 Å². The SMILES string of the molecule is CC.CC(=O)c1cccc(COc2ccc(O)cc2O)c1. The zero-order chi connectivity index (χ0) is 15.8. The van der Waals surface area contributed by atoms with Gasteiger partial charge in [0.2, 0.25) is 0 Å². The van der Waals surface area contributed by atoms with Gasteiger partial charge in [0.05, 0.1) is 0 Å². The predicted octanol–water partition coefficient (Wildman–Crippen LogP) is 3.91. The zero-order valence-electron chi connectivity index (χ0n) is 12.5. The Morgan fingerprint density at radius 2 is 1.81 bits per heavy atom. The van der Waals surface area contributed by atoms with Crippen LogP contribution < -0.4 is 4.74 Å². The minimum Gasteiger partial charge on any atom is -0.508 e. The molecule has 0 bridgehead atoms. The molecule has 0 unspecified atom stereocenters. The van der Waals surface area contributed by atoms with Gasteiger partial charge in [-0.1, -0.05) is 32.0 Å². The second kappa shape index (κ2) is 7.94. The van der Waals surface area contributed by atoms with Crippen molar-refractivity contribution in [2.75, 3.05) is 0 Å². The highest BCUT2D eigenvalue weighted by atomic mass is 16.5. The lowest BCUT2D eigenvalue weighted by molar-refractivity contribution is 0.101. The fourth-order valence-corrected chi connectivity index (χ4v) is 1.67. The summed E-state index contributed by atoms with van der Waals surface area (Å²) in [6.07, 6.45) is 0. The lowest BCUT2D eigenvalue weighted by Gasteiger charge is -2.09. The van der Waals surface area contributed by atoms with E-state index >= 15 is 0 Å². The number of phenolic OH excluding ortho intramolecular Hbond substituents is 2. The first-order valence-electron chi connectivity index (χ1n) is 6.81. The summed E-state index contributed by atoms with van der Waals surface area (Å²) in [5, 5.41) is 18.7. The van der Waals surface area contributed by atoms with Crippen LogP contribution in [-0.2, 0) is 6.61 Å². The molecule has 0 fully saturated rings. The molecule has 0 amide bonds. The Labute approximate surface area is 124 Å². The molecule has 112 valence electrons. The Bertz CT molecular complexity index is 605. The fraction of sp³-hybridized carbons (Fsp3) is 0.235. The number of benzene rings is 2. The van der Waals surface area contributed by atoms with Crippen molar-refractivity contribution >= 4 is 5.78 Å². The minimum atomic E-state index is -0.122. The normalized spacial score (nSPS) is 9.48. The number of carbonyl (C=O) groups excluding carboxylic acids is 1. The second-order valence-electron chi connectivity index (χ2n) is 4.20. The molecule has 4 heteroatoms. The third-order valence-corrected chi connectivity index (χ3v) is 2.67. The Hall–Kier alpha value is -2.49. The first-order valence-corrected chi connectivity index (χ1v) is 6.81. The number of carbonyl (C=O) groups is 1. The number of phenols is 2. The Kier molecular flexibility index (Phi) is 6.27. The molecule has 0 spiro atoms. The maximum absolute atomic E-state index is 11.3. The smallest absolute Gasteiger partial charge is 0.161 e. The summed E-state index contributed by atoms with van der Waals surface area (Å²) >= 11 is 0. The first-order chi connectivity index (χ1) is 10.1. The molecule has 0 radical (unpaired) electrons. The number of hydrogen-bond acceptors (Lipinski definition) is 4. The van der Waals surface area contributed by atoms with Gasteiger partial charge in [-0.15, -0.1) is 0 Å². The lowest BCUT2D eigenvalue weighted by atomic mass is 10.1. The minimum absolute atomic E-state index is 0.00525. The van der Waals surface area contributed by atoms with Crippen molar-refractivity contribution in [1.29, 1.82) is 0 Å². The number of ether oxygens (including phenoxy) is 1. The van der Waals surface area contributed by atoms with E-state index in [1.807, 2.05) is 19.9 Å². The van der Waals surface area contributed by atoms with E-state index in [4.69, 9.17) is 9.84 Å². The number of Topliss-reactive ketones (excluding diaryl/α,β-unsaturated/α-hetero) is 1. The van der Waals surface area contributed by atoms with Crippen LogP contribution in [0.2, 0.25) is 0 Å². The molecule has 21 heavy (non-hydrogen) atoms. The number of aromatic hydroxyl groups is 2. The van der Waals surface area contributed by atoms with Gasteiger partial charge in [0.25, 0.3) is 0 Å². The fourth-order valence-electron chi connectivity index (χ4n) is 1.67. The lowest BCUT2D eigenvalue weighted by Crippen LogP contribution is -1.98. The van der Waals surface area contributed by atoms with Crippen LogP contribution in [0.15, 0.2) is 42.5 Å². The summed E-state index contributed by atoms with van der Waals surface area (Å²) in [4.78, 5) is 11.3. The van der Waals surface area contributed by atoms with E-state index in [0.29, 0.717) is 5.56 Å². The van der Waals surface area contributed by atoms with Crippen molar-refractivity contribution in [3.8, 4) is 17.2 Å². The van der Waals surface area contributed by atoms with E-state index in [1.165, 1.54) is 25.1 Å². The standard InChI is InChI=1S/C15H14O4.C2H6/c1-10(16)12-4-2-3-11(7-12)9-19-15-6-5-13(17)8-14(15)18;1-2/h2-8,17-18H,9H2,1H3;1-2H3. The molecule has 0 aliphatic heterocycles. The molecule has 0 atom stereocenters. The summed E-state index contributed by atoms with van der Waals surface area (Å²) in [5.74, 6) is 0.131. The zero-order valence-corrected chi connectivity index (χ0v) is 12.5. The van der Waals surface area contributed by atoms with E-state index in [9.17, 15) is 9.90 Å². The van der Waals surface area contributed by atoms with Gasteiger partial charge < -0.3 is 14.9 Å². The molecule has 4 nitrogen and oxygen atoms in total. The van der Waals surface area contributed by atoms with Crippen molar-refractivity contribution in [2.45, 2.75) is 27.4 Å². The molecule has 0 saturated carbocycles. The van der Waals surface area contributed by atoms with E-state index in [1.54, 1.807) is 18.2 Å². The monoisotopic (exact) mass is 288 g/mol. The number of ketones is 1. The summed E-state index contributed by atoms with van der Waals surface area (Å²) in [6.45, 7) is 5.74. The van der Waals surface area contributed by atoms with Crippen LogP contribution >= 0.6 is 0 Å². The molecule has 2 N–H and O–H groups in total. The average molecular weight is 288 g/mol. The summed E-state index contributed by atoms with van der Waals surface area (Å²) in [5.41, 5.74) is 1.45. The highest BCUT2D eigenvalue weighted by molar-refractivity contribution is 5.94. The predicted molar refractivity (Wildman–Crippen MR) is 81.9 cm³/mol. The third-order valence-electron chi connectivity index (χ3n) is 2.67. The van der Waals surface area contributed by atoms with Crippen LogP contribution in [-0.4, -0.2) is 16.0 Å². The van der Waals surface area contributed by atoms with Crippen LogP contribution in [0.3, 0.4) is 0 Å². The molecule has 0 heterocycles. The highest BCUT2D eigenvalue weighted by Gasteiger charge is 2.05. The molecular weight excluding hydrogens is 268 g/mol. The van der Waals surface area contributed by atoms with E-state index in [0.717, 1.165) is 5.56 Å². The number of rotatable bonds is 4. The largest absolute Gasteiger partial charge is 0.508 e. The highest BCUT2D eigenvalue weighted by Crippen LogP contribution is 2.30. The van der Waals surface area contributed by atoms with Crippen molar-refractivity contribution in [3.63, 3.8) is 0 Å². The second-order valence-corrected chi connectivity index (χ2v) is 4.20. The first kappa shape index (κ1) is 16.6. The molecule has 0 aliphatic rings. The van der Waals surface area contributed by atoms with Gasteiger partial charge in [0.1, 0.15) is 12.4 Å². The Morgan fingerprint density at radius 1 is 1.10 bits per heavy atom. The van der Waals surface area contributed by atoms with Gasteiger partial charge in [0, 0.05) is 11.6 Å². The molecule has 0 aliphatic carbocycles. The van der Waals surface area contributed by atoms with Gasteiger partial charge in [-0.25, -0.2) is 0 Å². The topological polar surface area (TPSA) is 66.8 Å². The molecule has 2 rings (SSSR count). The molecular formula is C17H20O4. The third kappa shape index (κ3) is 4.84. The number of hydrogen-bond donors (Lipinski definition) is 2. The van der Waals surface area contributed by atoms with Gasteiger partial charge in [-0.3, -0.25) is 4.79 Å². The van der Waals surface area contributed by atoms with Gasteiger partial charge in [0.15, 0.2) is 17.3 Å². The van der Waals surface area contributed by atoms with E-state index in [-0.39, 0.29) is 29.6 Å². The van der Waals surface area contributed by atoms with Crippen molar-refractivity contribution in [3.05, 3.63) is 53.6 Å². The summed E-state index contributed by atoms with van der Waals surface area (Å²) < 4.78 is 5.44. The Balaban J connectivity index is 0.00000106. The van der Waals surface area contributed by atoms with E-state index < -0.39 is 0 Å². The summed E-state index contributed by atoms with van der Waals surface area (Å²) in [7, 11) is 0. The quantitative estimate of drug-likeness (QED) is 0.837. The summed E-state index contributed by atoms with van der Waals surface area (Å²) in [6, 6.07) is 11.2. The van der Waals surface area contributed by atoms with Gasteiger partial charge >= 0.3 is 0 Å². The van der Waals surface area contributed by atoms with Crippen LogP contribution in [0.1, 0.15) is 36.7 Å². The van der Waals surface area contributed by atoms with Gasteiger partial charge in [-0.05, 0) is 30.7 Å². The van der Waals surface area contributed by atoms with Crippen molar-refractivity contribution in [1.82, 2.24) is 0 Å². The molecule has 2 aromatic rings. The van der Waals surface area contributed by atoms with Crippen LogP contribution in [0.5, 0.6) is 17.2 Å². The Morgan fingerprint density at radius 3 is 2.43 bits per heavy atom. The molecule has 0 saturated heterocycles. The maximum atomic E-state index is 11.3. The van der Waals surface area contributed by atoms with E-state index in [2.05, 4.69) is 0 Å². The average Bonchev–Trinajstić information content (AvgIpc) is 2.49.